The Labute approximate surface area is 52.7 Å². The first-order valence-corrected chi connectivity index (χ1v) is 3.86. The minimum Gasteiger partial charge on any atom is -0.287 e. The fraction of sp³-hybridized carbons (Fsp3) is 1.00. The molecule has 8 heavy (non-hydrogen) atoms. The van der Waals surface area contributed by atoms with Gasteiger partial charge in [0.15, 0.2) is 0 Å². The summed E-state index contributed by atoms with van der Waals surface area (Å²) >= 11 is 0. The van der Waals surface area contributed by atoms with Crippen molar-refractivity contribution in [2.75, 3.05) is 13.1 Å². The van der Waals surface area contributed by atoms with Gasteiger partial charge in [-0.1, -0.05) is 9.39 Å². The van der Waals surface area contributed by atoms with E-state index in [1.165, 1.54) is 25.9 Å². The second kappa shape index (κ2) is 1.68. The van der Waals surface area contributed by atoms with Crippen molar-refractivity contribution in [2.24, 2.45) is 11.8 Å². The van der Waals surface area contributed by atoms with Gasteiger partial charge in [-0.05, 0) is 24.7 Å². The highest BCUT2D eigenvalue weighted by molar-refractivity contribution is 7.13. The number of hydrogen-bond donors (Lipinski definition) is 0. The van der Waals surface area contributed by atoms with Crippen molar-refractivity contribution < 1.29 is 0 Å². The molecule has 0 radical (unpaired) electrons. The molecule has 1 atom stereocenters. The highest BCUT2D eigenvalue weighted by atomic mass is 31.0. The molecule has 2 aliphatic heterocycles. The zero-order valence-corrected chi connectivity index (χ0v) is 6.16. The molecule has 0 aromatic heterocycles. The summed E-state index contributed by atoms with van der Waals surface area (Å²) in [5.41, 5.74) is 0. The standard InChI is InChI=1S/C6H12NP/c8-7-3-5-1-6(2-5)4-7/h5-6H,1-4,8H2. The Morgan fingerprint density at radius 3 is 1.88 bits per heavy atom. The molecule has 1 unspecified atom stereocenters. The first-order chi connectivity index (χ1) is 3.84. The highest BCUT2D eigenvalue weighted by Gasteiger charge is 2.35. The lowest BCUT2D eigenvalue weighted by Crippen LogP contribution is -2.43. The Hall–Kier alpha value is 0.390. The largest absolute Gasteiger partial charge is 0.287 e. The Bertz CT molecular complexity index is 88.7. The molecule has 46 valence electrons. The minimum absolute atomic E-state index is 1.06. The van der Waals surface area contributed by atoms with Gasteiger partial charge in [0.05, 0.1) is 0 Å². The molecule has 0 amide bonds. The van der Waals surface area contributed by atoms with Crippen LogP contribution in [0.25, 0.3) is 0 Å². The second-order valence-electron chi connectivity index (χ2n) is 3.16. The lowest BCUT2D eigenvalue weighted by Gasteiger charge is -2.45. The van der Waals surface area contributed by atoms with Crippen LogP contribution < -0.4 is 0 Å². The van der Waals surface area contributed by atoms with Crippen LogP contribution in [0, 0.1) is 11.8 Å². The van der Waals surface area contributed by atoms with Crippen LogP contribution in [-0.2, 0) is 0 Å². The summed E-state index contributed by atoms with van der Waals surface area (Å²) in [7, 11) is 2.79. The van der Waals surface area contributed by atoms with Crippen LogP contribution >= 0.6 is 9.39 Å². The lowest BCUT2D eigenvalue weighted by atomic mass is 9.72. The van der Waals surface area contributed by atoms with Crippen molar-refractivity contribution >= 4 is 9.39 Å². The van der Waals surface area contributed by atoms with Gasteiger partial charge in [0.25, 0.3) is 0 Å². The van der Waals surface area contributed by atoms with Crippen molar-refractivity contribution in [1.82, 2.24) is 4.67 Å². The van der Waals surface area contributed by atoms with E-state index in [9.17, 15) is 0 Å². The van der Waals surface area contributed by atoms with E-state index in [1.54, 1.807) is 0 Å². The van der Waals surface area contributed by atoms with Crippen LogP contribution in [0.5, 0.6) is 0 Å². The van der Waals surface area contributed by atoms with Gasteiger partial charge in [0, 0.05) is 13.1 Å². The van der Waals surface area contributed by atoms with Gasteiger partial charge in [0.1, 0.15) is 0 Å². The summed E-state index contributed by atoms with van der Waals surface area (Å²) in [4.78, 5) is 0. The molecule has 0 N–H and O–H groups in total. The van der Waals surface area contributed by atoms with E-state index >= 15 is 0 Å². The highest BCUT2D eigenvalue weighted by Crippen LogP contribution is 2.40. The summed E-state index contributed by atoms with van der Waals surface area (Å²) in [5, 5.41) is 0. The van der Waals surface area contributed by atoms with Crippen LogP contribution in [0.3, 0.4) is 0 Å². The third kappa shape index (κ3) is 0.691. The van der Waals surface area contributed by atoms with E-state index in [0.717, 1.165) is 11.8 Å². The molecule has 2 bridgehead atoms. The Morgan fingerprint density at radius 1 is 1.12 bits per heavy atom. The number of rotatable bonds is 0. The molecule has 2 heteroatoms. The number of nitrogens with zero attached hydrogens (tertiary/aromatic N) is 1. The van der Waals surface area contributed by atoms with E-state index in [4.69, 9.17) is 0 Å². The van der Waals surface area contributed by atoms with Gasteiger partial charge in [-0.15, -0.1) is 0 Å². The normalized spacial score (nSPS) is 46.1. The summed E-state index contributed by atoms with van der Waals surface area (Å²) < 4.78 is 2.38. The average molecular weight is 129 g/mol. The maximum Gasteiger partial charge on any atom is 0.00449 e. The van der Waals surface area contributed by atoms with Gasteiger partial charge < -0.3 is 0 Å². The molecule has 0 aromatic carbocycles. The second-order valence-corrected chi connectivity index (χ2v) is 3.89. The Balaban J connectivity index is 1.97. The lowest BCUT2D eigenvalue weighted by molar-refractivity contribution is 0.0831. The van der Waals surface area contributed by atoms with Crippen LogP contribution in [0.2, 0.25) is 0 Å². The van der Waals surface area contributed by atoms with Crippen LogP contribution in [-0.4, -0.2) is 17.8 Å². The first-order valence-electron chi connectivity index (χ1n) is 3.34. The molecule has 0 spiro atoms. The van der Waals surface area contributed by atoms with Crippen molar-refractivity contribution in [1.29, 1.82) is 0 Å². The zero-order chi connectivity index (χ0) is 5.56. The molecule has 3 fully saturated rings. The summed E-state index contributed by atoms with van der Waals surface area (Å²) in [6.07, 6.45) is 3.04. The van der Waals surface area contributed by atoms with Gasteiger partial charge in [0.2, 0.25) is 0 Å². The Morgan fingerprint density at radius 2 is 1.62 bits per heavy atom. The summed E-state index contributed by atoms with van der Waals surface area (Å²) in [6, 6.07) is 0. The third-order valence-electron chi connectivity index (χ3n) is 2.32. The predicted molar refractivity (Wildman–Crippen MR) is 37.5 cm³/mol. The third-order valence-corrected chi connectivity index (χ3v) is 2.74. The summed E-state index contributed by atoms with van der Waals surface area (Å²) in [5.74, 6) is 2.12. The monoisotopic (exact) mass is 129 g/mol. The van der Waals surface area contributed by atoms with E-state index in [0.29, 0.717) is 0 Å². The van der Waals surface area contributed by atoms with E-state index in [2.05, 4.69) is 14.1 Å². The van der Waals surface area contributed by atoms with Crippen molar-refractivity contribution in [2.45, 2.75) is 12.8 Å². The van der Waals surface area contributed by atoms with E-state index in [1.807, 2.05) is 0 Å². The maximum absolute atomic E-state index is 2.79. The van der Waals surface area contributed by atoms with Crippen molar-refractivity contribution in [3.8, 4) is 0 Å². The molecule has 1 aliphatic carbocycles. The topological polar surface area (TPSA) is 3.24 Å². The molecule has 2 heterocycles. The molecule has 1 nitrogen and oxygen atoms in total. The average Bonchev–Trinajstić information content (AvgIpc) is 1.62. The number of piperidine rings is 2. The van der Waals surface area contributed by atoms with Crippen LogP contribution in [0.15, 0.2) is 0 Å². The van der Waals surface area contributed by atoms with Crippen LogP contribution in [0.1, 0.15) is 12.8 Å². The fourth-order valence-corrected chi connectivity index (χ4v) is 2.51. The molecular weight excluding hydrogens is 117 g/mol. The molecule has 0 aromatic rings. The predicted octanol–water partition coefficient (Wildman–Crippen LogP) is 1.12. The molecule has 1 saturated carbocycles. The van der Waals surface area contributed by atoms with Gasteiger partial charge in [-0.25, -0.2) is 0 Å². The maximum atomic E-state index is 2.79. The molecule has 3 rings (SSSR count). The van der Waals surface area contributed by atoms with Gasteiger partial charge >= 0.3 is 0 Å². The van der Waals surface area contributed by atoms with Crippen LogP contribution in [0.4, 0.5) is 0 Å². The molecule has 3 aliphatic rings. The number of fused-ring (bicyclic) bond motifs is 2. The zero-order valence-electron chi connectivity index (χ0n) is 5.01. The Kier molecular flexibility index (Phi) is 1.09. The summed E-state index contributed by atoms with van der Waals surface area (Å²) in [6.45, 7) is 2.67. The smallest absolute Gasteiger partial charge is 0.00449 e. The fourth-order valence-electron chi connectivity index (χ4n) is 1.91. The minimum atomic E-state index is 1.06. The SMILES string of the molecule is PN1CC2CC(C2)C1. The van der Waals surface area contributed by atoms with Crippen molar-refractivity contribution in [3.63, 3.8) is 0 Å². The van der Waals surface area contributed by atoms with E-state index < -0.39 is 0 Å². The van der Waals surface area contributed by atoms with Gasteiger partial charge in [-0.2, -0.15) is 0 Å². The quantitative estimate of drug-likeness (QED) is 0.443. The van der Waals surface area contributed by atoms with Gasteiger partial charge in [-0.3, -0.25) is 4.67 Å². The first kappa shape index (κ1) is 5.20. The molecule has 2 saturated heterocycles. The van der Waals surface area contributed by atoms with E-state index in [-0.39, 0.29) is 0 Å². The molecular formula is C6H12NP. The number of hydrogen-bond acceptors (Lipinski definition) is 1. The van der Waals surface area contributed by atoms with Crippen molar-refractivity contribution in [3.05, 3.63) is 0 Å².